The average molecular weight is 264 g/mol. The number of hydrogen-bond donors (Lipinski definition) is 1. The number of hydrogen-bond acceptors (Lipinski definition) is 5. The van der Waals surface area contributed by atoms with Gasteiger partial charge >= 0.3 is 0 Å². The minimum atomic E-state index is -0.838. The number of aliphatic hydroxyl groups is 1. The van der Waals surface area contributed by atoms with Gasteiger partial charge < -0.3 is 5.11 Å². The first-order chi connectivity index (χ1) is 9.81. The van der Waals surface area contributed by atoms with Crippen molar-refractivity contribution in [2.24, 2.45) is 20.0 Å². The van der Waals surface area contributed by atoms with Gasteiger partial charge in [-0.1, -0.05) is 24.3 Å². The van der Waals surface area contributed by atoms with Crippen LogP contribution in [0.25, 0.3) is 0 Å². The van der Waals surface area contributed by atoms with E-state index in [2.05, 4.69) is 20.0 Å². The maximum atomic E-state index is 10.4. The van der Waals surface area contributed by atoms with Gasteiger partial charge in [-0.15, -0.1) is 0 Å². The lowest BCUT2D eigenvalue weighted by atomic mass is 10.2. The average Bonchev–Trinajstić information content (AvgIpc) is 3.10. The van der Waals surface area contributed by atoms with Crippen molar-refractivity contribution < 1.29 is 5.11 Å². The number of para-hydroxylation sites is 4. The van der Waals surface area contributed by atoms with Crippen LogP contribution >= 0.6 is 0 Å². The molecule has 0 fully saturated rings. The lowest BCUT2D eigenvalue weighted by Crippen LogP contribution is -2.32. The van der Waals surface area contributed by atoms with Crippen LogP contribution in [0, 0.1) is 0 Å². The van der Waals surface area contributed by atoms with Gasteiger partial charge in [0.1, 0.15) is 6.10 Å². The lowest BCUT2D eigenvalue weighted by molar-refractivity contribution is 0.122. The van der Waals surface area contributed by atoms with E-state index < -0.39 is 18.4 Å². The van der Waals surface area contributed by atoms with Crippen LogP contribution in [0.4, 0.5) is 0 Å². The van der Waals surface area contributed by atoms with E-state index in [1.807, 2.05) is 48.5 Å². The summed E-state index contributed by atoms with van der Waals surface area (Å²) in [6.07, 6.45) is -1.90. The van der Waals surface area contributed by atoms with Gasteiger partial charge in [-0.25, -0.2) is 0 Å². The minimum absolute atomic E-state index is 0.529. The van der Waals surface area contributed by atoms with Crippen molar-refractivity contribution >= 4 is 0 Å². The molecule has 0 bridgehead atoms. The van der Waals surface area contributed by atoms with Crippen molar-refractivity contribution in [1.29, 1.82) is 0 Å². The van der Waals surface area contributed by atoms with E-state index in [9.17, 15) is 5.11 Å². The van der Waals surface area contributed by atoms with Gasteiger partial charge in [0, 0.05) is 0 Å². The van der Waals surface area contributed by atoms with Gasteiger partial charge in [-0.3, -0.25) is 20.0 Å². The van der Waals surface area contributed by atoms with Gasteiger partial charge in [-0.2, -0.15) is 0 Å². The molecule has 5 nitrogen and oxygen atoms in total. The molecule has 0 atom stereocenters. The molecule has 2 aromatic rings. The maximum Gasteiger partial charge on any atom is 0.170 e. The predicted molar refractivity (Wildman–Crippen MR) is 71.1 cm³/mol. The third kappa shape index (κ3) is 1.75. The van der Waals surface area contributed by atoms with Gasteiger partial charge in [0.15, 0.2) is 12.3 Å². The van der Waals surface area contributed by atoms with Crippen LogP contribution in [0.1, 0.15) is 0 Å². The Balaban J connectivity index is 1.69. The van der Waals surface area contributed by atoms with Gasteiger partial charge in [0.05, 0.1) is 21.4 Å². The summed E-state index contributed by atoms with van der Waals surface area (Å²) in [6, 6.07) is 15.2. The molecule has 0 radical (unpaired) electrons. The summed E-state index contributed by atoms with van der Waals surface area (Å²) in [5.41, 5.74) is 0. The Labute approximate surface area is 114 Å². The zero-order valence-electron chi connectivity index (χ0n) is 10.6. The van der Waals surface area contributed by atoms with Crippen molar-refractivity contribution in [1.82, 2.24) is 0 Å². The van der Waals surface area contributed by atoms with Gasteiger partial charge in [0.2, 0.25) is 0 Å². The molecule has 2 aromatic carbocycles. The molecule has 2 heterocycles. The van der Waals surface area contributed by atoms with Gasteiger partial charge in [0.25, 0.3) is 0 Å². The Hall–Kier alpha value is -2.40. The molecule has 0 saturated carbocycles. The van der Waals surface area contributed by atoms with Gasteiger partial charge in [-0.05, 0) is 24.3 Å². The zero-order chi connectivity index (χ0) is 13.5. The molecular weight excluding hydrogens is 252 g/mol. The second-order valence-electron chi connectivity index (χ2n) is 4.81. The fourth-order valence-corrected chi connectivity index (χ4v) is 2.45. The van der Waals surface area contributed by atoms with Crippen molar-refractivity contribution in [3.63, 3.8) is 0 Å². The van der Waals surface area contributed by atoms with Crippen molar-refractivity contribution in [3.8, 4) is 0 Å². The number of fused-ring (bicyclic) bond motifs is 2. The highest BCUT2D eigenvalue weighted by Gasteiger charge is 2.29. The Morgan fingerprint density at radius 3 is 1.25 bits per heavy atom. The molecule has 0 saturated heterocycles. The molecule has 0 aliphatic carbocycles. The number of aliphatic hydroxyl groups excluding tert-OH is 1. The Kier molecular flexibility index (Phi) is 2.47. The topological polar surface area (TPSA) is 69.7 Å². The number of benzene rings is 2. The molecule has 5 heteroatoms. The normalized spacial score (nSPS) is 16.9. The van der Waals surface area contributed by atoms with E-state index in [1.54, 1.807) is 0 Å². The predicted octanol–water partition coefficient (Wildman–Crippen LogP) is -1.09. The first-order valence-electron chi connectivity index (χ1n) is 6.51. The highest BCUT2D eigenvalue weighted by Crippen LogP contribution is 2.11. The van der Waals surface area contributed by atoms with E-state index in [-0.39, 0.29) is 0 Å². The summed E-state index contributed by atoms with van der Waals surface area (Å²) in [5.74, 6) is 0. The van der Waals surface area contributed by atoms with E-state index in [1.165, 1.54) is 0 Å². The molecule has 4 rings (SSSR count). The lowest BCUT2D eigenvalue weighted by Gasteiger charge is -2.15. The summed E-state index contributed by atoms with van der Waals surface area (Å²) in [4.78, 5) is 17.7. The first-order valence-corrected chi connectivity index (χ1v) is 6.51. The second-order valence-corrected chi connectivity index (χ2v) is 4.81. The third-order valence-corrected chi connectivity index (χ3v) is 3.46. The quantitative estimate of drug-likeness (QED) is 0.735. The zero-order valence-corrected chi connectivity index (χ0v) is 10.6. The molecule has 0 aromatic heterocycles. The third-order valence-electron chi connectivity index (χ3n) is 3.46. The monoisotopic (exact) mass is 264 g/mol. The van der Waals surface area contributed by atoms with Crippen molar-refractivity contribution in [2.45, 2.75) is 18.4 Å². The van der Waals surface area contributed by atoms with Crippen LogP contribution in [0.15, 0.2) is 68.5 Å². The SMILES string of the molecule is OC(C1N=c2ccccc2=N1)C1N=c2ccccc2=N1. The second kappa shape index (κ2) is 4.31. The van der Waals surface area contributed by atoms with E-state index in [0.717, 1.165) is 21.4 Å². The summed E-state index contributed by atoms with van der Waals surface area (Å²) >= 11 is 0. The molecular formula is C15H12N4O. The van der Waals surface area contributed by atoms with Crippen LogP contribution in [0.5, 0.6) is 0 Å². The van der Waals surface area contributed by atoms with Crippen LogP contribution < -0.4 is 21.4 Å². The molecule has 1 N–H and O–H groups in total. The van der Waals surface area contributed by atoms with E-state index in [0.29, 0.717) is 0 Å². The van der Waals surface area contributed by atoms with Crippen molar-refractivity contribution in [3.05, 3.63) is 70.0 Å². The summed E-state index contributed by atoms with van der Waals surface area (Å²) in [5, 5.41) is 13.7. The molecule has 0 spiro atoms. The van der Waals surface area contributed by atoms with Crippen LogP contribution in [-0.4, -0.2) is 23.5 Å². The molecule has 98 valence electrons. The fourth-order valence-electron chi connectivity index (χ4n) is 2.45. The summed E-state index contributed by atoms with van der Waals surface area (Å²) < 4.78 is 0. The van der Waals surface area contributed by atoms with E-state index >= 15 is 0 Å². The first kappa shape index (κ1) is 11.4. The van der Waals surface area contributed by atoms with Crippen molar-refractivity contribution in [2.75, 3.05) is 0 Å². The molecule has 20 heavy (non-hydrogen) atoms. The Morgan fingerprint density at radius 2 is 0.950 bits per heavy atom. The Bertz CT molecular complexity index is 760. The fraction of sp³-hybridized carbons (Fsp3) is 0.200. The highest BCUT2D eigenvalue weighted by molar-refractivity contribution is 5.08. The van der Waals surface area contributed by atoms with Crippen LogP contribution in [0.3, 0.4) is 0 Å². The maximum absolute atomic E-state index is 10.4. The number of nitrogens with zero attached hydrogens (tertiary/aromatic N) is 4. The molecule has 2 aliphatic heterocycles. The molecule has 0 amide bonds. The highest BCUT2D eigenvalue weighted by atomic mass is 16.3. The summed E-state index contributed by atoms with van der Waals surface area (Å²) in [6.45, 7) is 0. The number of rotatable bonds is 2. The van der Waals surface area contributed by atoms with E-state index in [4.69, 9.17) is 0 Å². The largest absolute Gasteiger partial charge is 0.385 e. The summed E-state index contributed by atoms with van der Waals surface area (Å²) in [7, 11) is 0. The Morgan fingerprint density at radius 1 is 0.650 bits per heavy atom. The molecule has 0 unspecified atom stereocenters. The standard InChI is InChI=1S/C15H12N4O/c20-13(14-16-9-5-1-2-6-10(9)17-14)15-18-11-7-3-4-8-12(11)19-15/h1-8,13-15,20H. The minimum Gasteiger partial charge on any atom is -0.385 e. The van der Waals surface area contributed by atoms with Crippen LogP contribution in [0.2, 0.25) is 0 Å². The van der Waals surface area contributed by atoms with Crippen LogP contribution in [-0.2, 0) is 0 Å². The smallest absolute Gasteiger partial charge is 0.170 e. The molecule has 2 aliphatic rings.